The maximum absolute atomic E-state index is 13.0. The van der Waals surface area contributed by atoms with Gasteiger partial charge >= 0.3 is 5.25 Å². The van der Waals surface area contributed by atoms with Crippen molar-refractivity contribution in [3.05, 3.63) is 0 Å². The Morgan fingerprint density at radius 3 is 1.93 bits per heavy atom. The first kappa shape index (κ1) is 12.8. The molecule has 0 saturated carbocycles. The molecule has 1 rings (SSSR count). The summed E-state index contributed by atoms with van der Waals surface area (Å²) in [5, 5.41) is -3.69. The molecule has 0 N–H and O–H groups in total. The molecule has 0 aromatic rings. The van der Waals surface area contributed by atoms with Crippen LogP contribution in [0.25, 0.3) is 0 Å². The quantitative estimate of drug-likeness (QED) is 0.743. The van der Waals surface area contributed by atoms with E-state index in [4.69, 9.17) is 0 Å². The summed E-state index contributed by atoms with van der Waals surface area (Å²) >= 11 is 0. The standard InChI is InChI=1S/C9H17F2NO2S/c1-7-5-4-6-8(2)12(7)15(13,14)9(3,10)11/h7-8H,4-6H2,1-3H3. The van der Waals surface area contributed by atoms with Crippen molar-refractivity contribution in [2.75, 3.05) is 0 Å². The first-order chi connectivity index (χ1) is 6.68. The number of piperidine rings is 1. The molecule has 0 amide bonds. The van der Waals surface area contributed by atoms with E-state index in [0.717, 1.165) is 10.7 Å². The van der Waals surface area contributed by atoms with Crippen molar-refractivity contribution in [1.29, 1.82) is 0 Å². The molecule has 90 valence electrons. The molecule has 0 aromatic carbocycles. The van der Waals surface area contributed by atoms with Crippen LogP contribution >= 0.6 is 0 Å². The zero-order chi connectivity index (χ0) is 11.9. The van der Waals surface area contributed by atoms with E-state index in [1.165, 1.54) is 0 Å². The molecule has 1 heterocycles. The van der Waals surface area contributed by atoms with E-state index in [1.54, 1.807) is 13.8 Å². The molecule has 0 spiro atoms. The third-order valence-corrected chi connectivity index (χ3v) is 5.02. The molecule has 1 aliphatic rings. The summed E-state index contributed by atoms with van der Waals surface area (Å²) < 4.78 is 50.2. The lowest BCUT2D eigenvalue weighted by molar-refractivity contribution is 0.0906. The Kier molecular flexibility index (Phi) is 3.40. The van der Waals surface area contributed by atoms with Gasteiger partial charge < -0.3 is 0 Å². The second-order valence-corrected chi connectivity index (χ2v) is 6.36. The van der Waals surface area contributed by atoms with Crippen molar-refractivity contribution in [3.8, 4) is 0 Å². The number of rotatable bonds is 2. The monoisotopic (exact) mass is 241 g/mol. The van der Waals surface area contributed by atoms with E-state index < -0.39 is 15.3 Å². The number of alkyl halides is 2. The van der Waals surface area contributed by atoms with Crippen LogP contribution in [0.4, 0.5) is 8.78 Å². The van der Waals surface area contributed by atoms with Gasteiger partial charge in [0.1, 0.15) is 0 Å². The van der Waals surface area contributed by atoms with E-state index in [1.807, 2.05) is 0 Å². The summed E-state index contributed by atoms with van der Waals surface area (Å²) in [5.74, 6) is 0. The van der Waals surface area contributed by atoms with Gasteiger partial charge in [-0.25, -0.2) is 8.42 Å². The predicted octanol–water partition coefficient (Wildman–Crippen LogP) is 2.19. The van der Waals surface area contributed by atoms with E-state index in [-0.39, 0.29) is 12.1 Å². The highest BCUT2D eigenvalue weighted by molar-refractivity contribution is 7.90. The smallest absolute Gasteiger partial charge is 0.206 e. The van der Waals surface area contributed by atoms with Crippen molar-refractivity contribution in [2.24, 2.45) is 0 Å². The molecule has 1 aliphatic heterocycles. The van der Waals surface area contributed by atoms with Crippen LogP contribution in [0.15, 0.2) is 0 Å². The molecule has 0 bridgehead atoms. The van der Waals surface area contributed by atoms with Gasteiger partial charge in [0.25, 0.3) is 10.0 Å². The highest BCUT2D eigenvalue weighted by Gasteiger charge is 2.48. The average molecular weight is 241 g/mol. The van der Waals surface area contributed by atoms with Crippen LogP contribution in [0, 0.1) is 0 Å². The molecule has 1 saturated heterocycles. The minimum Gasteiger partial charge on any atom is -0.206 e. The first-order valence-electron chi connectivity index (χ1n) is 5.09. The number of nitrogens with zero attached hydrogens (tertiary/aromatic N) is 1. The molecule has 2 atom stereocenters. The maximum atomic E-state index is 13.0. The van der Waals surface area contributed by atoms with E-state index in [9.17, 15) is 17.2 Å². The second-order valence-electron chi connectivity index (χ2n) is 4.27. The van der Waals surface area contributed by atoms with Crippen LogP contribution in [-0.2, 0) is 10.0 Å². The molecule has 3 nitrogen and oxygen atoms in total. The summed E-state index contributed by atoms with van der Waals surface area (Å²) in [4.78, 5) is 0. The summed E-state index contributed by atoms with van der Waals surface area (Å²) in [7, 11) is -4.50. The Bertz CT molecular complexity index is 313. The van der Waals surface area contributed by atoms with Crippen molar-refractivity contribution >= 4 is 10.0 Å². The summed E-state index contributed by atoms with van der Waals surface area (Å²) in [5.41, 5.74) is 0. The van der Waals surface area contributed by atoms with Crippen LogP contribution in [0.1, 0.15) is 40.0 Å². The van der Waals surface area contributed by atoms with Gasteiger partial charge in [0.15, 0.2) is 0 Å². The van der Waals surface area contributed by atoms with Gasteiger partial charge in [-0.2, -0.15) is 13.1 Å². The predicted molar refractivity (Wildman–Crippen MR) is 54.2 cm³/mol. The van der Waals surface area contributed by atoms with E-state index in [0.29, 0.717) is 19.8 Å². The second kappa shape index (κ2) is 3.97. The van der Waals surface area contributed by atoms with Gasteiger partial charge in [0.2, 0.25) is 0 Å². The van der Waals surface area contributed by atoms with Crippen LogP contribution in [0.2, 0.25) is 0 Å². The van der Waals surface area contributed by atoms with Gasteiger partial charge in [-0.15, -0.1) is 0 Å². The molecule has 1 fully saturated rings. The highest BCUT2D eigenvalue weighted by atomic mass is 32.2. The fourth-order valence-corrected chi connectivity index (χ4v) is 3.59. The molecule has 0 radical (unpaired) electrons. The van der Waals surface area contributed by atoms with Crippen molar-refractivity contribution in [2.45, 2.75) is 57.4 Å². The Morgan fingerprint density at radius 1 is 1.20 bits per heavy atom. The SMILES string of the molecule is CC1CCCC(C)N1S(=O)(=O)C(C)(F)F. The van der Waals surface area contributed by atoms with Gasteiger partial charge in [0.05, 0.1) is 0 Å². The fourth-order valence-electron chi connectivity index (χ4n) is 2.06. The molecular formula is C9H17F2NO2S. The molecule has 2 unspecified atom stereocenters. The van der Waals surface area contributed by atoms with Crippen molar-refractivity contribution < 1.29 is 17.2 Å². The summed E-state index contributed by atoms with van der Waals surface area (Å²) in [6, 6.07) is -0.658. The Labute approximate surface area is 89.5 Å². The lowest BCUT2D eigenvalue weighted by atomic mass is 10.0. The molecule has 6 heteroatoms. The third kappa shape index (κ3) is 2.30. The van der Waals surface area contributed by atoms with Crippen LogP contribution in [0.5, 0.6) is 0 Å². The largest absolute Gasteiger partial charge is 0.356 e. The summed E-state index contributed by atoms with van der Waals surface area (Å²) in [6.07, 6.45) is 2.20. The Balaban J connectivity index is 3.04. The number of halogens is 2. The van der Waals surface area contributed by atoms with Crippen LogP contribution < -0.4 is 0 Å². The van der Waals surface area contributed by atoms with Crippen molar-refractivity contribution in [3.63, 3.8) is 0 Å². The fraction of sp³-hybridized carbons (Fsp3) is 1.00. The lowest BCUT2D eigenvalue weighted by Crippen LogP contribution is -2.52. The molecule has 0 aliphatic carbocycles. The molecule has 0 aromatic heterocycles. The van der Waals surface area contributed by atoms with Gasteiger partial charge in [-0.1, -0.05) is 6.42 Å². The van der Waals surface area contributed by atoms with Gasteiger partial charge in [-0.3, -0.25) is 0 Å². The number of sulfonamides is 1. The maximum Gasteiger partial charge on any atom is 0.356 e. The first-order valence-corrected chi connectivity index (χ1v) is 6.53. The number of hydrogen-bond acceptors (Lipinski definition) is 2. The van der Waals surface area contributed by atoms with Gasteiger partial charge in [-0.05, 0) is 26.7 Å². The van der Waals surface area contributed by atoms with E-state index in [2.05, 4.69) is 0 Å². The van der Waals surface area contributed by atoms with Crippen molar-refractivity contribution in [1.82, 2.24) is 4.31 Å². The minimum atomic E-state index is -4.50. The zero-order valence-electron chi connectivity index (χ0n) is 9.20. The topological polar surface area (TPSA) is 37.4 Å². The zero-order valence-corrected chi connectivity index (χ0v) is 10.0. The normalized spacial score (nSPS) is 30.5. The minimum absolute atomic E-state index is 0.329. The Morgan fingerprint density at radius 2 is 1.60 bits per heavy atom. The third-order valence-electron chi connectivity index (χ3n) is 2.84. The Hall–Kier alpha value is -0.230. The number of hydrogen-bond donors (Lipinski definition) is 0. The van der Waals surface area contributed by atoms with E-state index >= 15 is 0 Å². The lowest BCUT2D eigenvalue weighted by Gasteiger charge is -2.38. The molecular weight excluding hydrogens is 224 g/mol. The van der Waals surface area contributed by atoms with Gasteiger partial charge in [0, 0.05) is 19.0 Å². The molecule has 15 heavy (non-hydrogen) atoms. The summed E-state index contributed by atoms with van der Waals surface area (Å²) in [6.45, 7) is 3.80. The average Bonchev–Trinajstić information content (AvgIpc) is 2.00. The van der Waals surface area contributed by atoms with Crippen LogP contribution in [-0.4, -0.2) is 30.1 Å². The highest BCUT2D eigenvalue weighted by Crippen LogP contribution is 2.33. The van der Waals surface area contributed by atoms with Crippen LogP contribution in [0.3, 0.4) is 0 Å².